The van der Waals surface area contributed by atoms with Crippen LogP contribution in [0.4, 0.5) is 0 Å². The smallest absolute Gasteiger partial charge is 0.191 e. The molecule has 5 nitrogen and oxygen atoms in total. The first-order valence-electron chi connectivity index (χ1n) is 10.8. The lowest BCUT2D eigenvalue weighted by Gasteiger charge is -2.32. The highest BCUT2D eigenvalue weighted by molar-refractivity contribution is 14.0. The molecule has 2 unspecified atom stereocenters. The second kappa shape index (κ2) is 13.0. The van der Waals surface area contributed by atoms with E-state index in [-0.39, 0.29) is 24.0 Å². The van der Waals surface area contributed by atoms with Gasteiger partial charge in [0.2, 0.25) is 0 Å². The van der Waals surface area contributed by atoms with E-state index in [0.717, 1.165) is 31.5 Å². The van der Waals surface area contributed by atoms with Crippen LogP contribution in [0.5, 0.6) is 0 Å². The van der Waals surface area contributed by atoms with Crippen molar-refractivity contribution in [3.8, 4) is 0 Å². The lowest BCUT2D eigenvalue weighted by Crippen LogP contribution is -2.44. The highest BCUT2D eigenvalue weighted by atomic mass is 127. The Balaban J connectivity index is 0.00000280. The molecular formula is C21H38IN5S. The van der Waals surface area contributed by atoms with Crippen molar-refractivity contribution < 1.29 is 0 Å². The molecule has 2 fully saturated rings. The van der Waals surface area contributed by atoms with E-state index in [1.807, 2.05) is 11.3 Å². The van der Waals surface area contributed by atoms with Crippen LogP contribution in [-0.4, -0.2) is 68.1 Å². The third-order valence-corrected chi connectivity index (χ3v) is 6.80. The molecule has 7 heteroatoms. The van der Waals surface area contributed by atoms with E-state index in [0.29, 0.717) is 6.04 Å². The summed E-state index contributed by atoms with van der Waals surface area (Å²) in [6, 6.07) is 4.86. The Bertz CT molecular complexity index is 559. The Morgan fingerprint density at radius 3 is 2.71 bits per heavy atom. The molecule has 0 aliphatic carbocycles. The van der Waals surface area contributed by atoms with Gasteiger partial charge in [-0.3, -0.25) is 9.89 Å². The molecule has 1 aromatic heterocycles. The van der Waals surface area contributed by atoms with Gasteiger partial charge in [-0.1, -0.05) is 13.0 Å². The van der Waals surface area contributed by atoms with Crippen LogP contribution in [0.3, 0.4) is 0 Å². The van der Waals surface area contributed by atoms with Crippen LogP contribution in [-0.2, 0) is 0 Å². The number of hydrogen-bond donors (Lipinski definition) is 2. The predicted molar refractivity (Wildman–Crippen MR) is 132 cm³/mol. The molecule has 160 valence electrons. The first kappa shape index (κ1) is 23.9. The SMILES string of the molecule is CCNC(=NCC(c1cccs1)N1CCCC1)NCC1CCCN(CC)C1.I. The molecule has 3 heterocycles. The van der Waals surface area contributed by atoms with Gasteiger partial charge >= 0.3 is 0 Å². The van der Waals surface area contributed by atoms with Crippen LogP contribution in [0, 0.1) is 5.92 Å². The summed E-state index contributed by atoms with van der Waals surface area (Å²) >= 11 is 1.86. The Morgan fingerprint density at radius 1 is 1.21 bits per heavy atom. The fourth-order valence-electron chi connectivity index (χ4n) is 4.29. The van der Waals surface area contributed by atoms with Crippen molar-refractivity contribution in [3.63, 3.8) is 0 Å². The molecule has 0 amide bonds. The van der Waals surface area contributed by atoms with Gasteiger partial charge in [-0.2, -0.15) is 0 Å². The monoisotopic (exact) mass is 519 g/mol. The van der Waals surface area contributed by atoms with Crippen LogP contribution < -0.4 is 10.6 Å². The molecule has 2 saturated heterocycles. The Morgan fingerprint density at radius 2 is 2.04 bits per heavy atom. The first-order chi connectivity index (χ1) is 13.3. The van der Waals surface area contributed by atoms with Gasteiger partial charge in [0, 0.05) is 24.5 Å². The van der Waals surface area contributed by atoms with Gasteiger partial charge in [0.15, 0.2) is 5.96 Å². The van der Waals surface area contributed by atoms with Crippen molar-refractivity contribution in [1.29, 1.82) is 0 Å². The van der Waals surface area contributed by atoms with Gasteiger partial charge in [-0.25, -0.2) is 0 Å². The molecule has 28 heavy (non-hydrogen) atoms. The second-order valence-corrected chi connectivity index (χ2v) is 8.76. The average molecular weight is 520 g/mol. The number of piperidine rings is 1. The van der Waals surface area contributed by atoms with Gasteiger partial charge < -0.3 is 15.5 Å². The number of aliphatic imine (C=N–C) groups is 1. The second-order valence-electron chi connectivity index (χ2n) is 7.78. The molecule has 2 aliphatic heterocycles. The number of hydrogen-bond acceptors (Lipinski definition) is 4. The maximum Gasteiger partial charge on any atom is 0.191 e. The van der Waals surface area contributed by atoms with Crippen molar-refractivity contribution in [2.45, 2.75) is 45.6 Å². The van der Waals surface area contributed by atoms with E-state index in [4.69, 9.17) is 4.99 Å². The number of thiophene rings is 1. The summed E-state index contributed by atoms with van der Waals surface area (Å²) in [5.74, 6) is 1.71. The Kier molecular flexibility index (Phi) is 11.1. The molecule has 2 atom stereocenters. The molecule has 3 rings (SSSR count). The molecule has 0 aromatic carbocycles. The Labute approximate surface area is 192 Å². The van der Waals surface area contributed by atoms with Crippen molar-refractivity contribution >= 4 is 41.3 Å². The summed E-state index contributed by atoms with van der Waals surface area (Å²) < 4.78 is 0. The third kappa shape index (κ3) is 7.15. The maximum absolute atomic E-state index is 4.98. The Hall–Kier alpha value is -0.380. The molecular weight excluding hydrogens is 481 g/mol. The fraction of sp³-hybridized carbons (Fsp3) is 0.762. The van der Waals surface area contributed by atoms with Crippen LogP contribution in [0.15, 0.2) is 22.5 Å². The summed E-state index contributed by atoms with van der Waals surface area (Å²) in [5.41, 5.74) is 0. The molecule has 0 bridgehead atoms. The number of nitrogens with zero attached hydrogens (tertiary/aromatic N) is 3. The van der Waals surface area contributed by atoms with Gasteiger partial charge in [0.1, 0.15) is 0 Å². The minimum atomic E-state index is 0. The van der Waals surface area contributed by atoms with E-state index in [2.05, 4.69) is 51.8 Å². The zero-order valence-corrected chi connectivity index (χ0v) is 20.7. The summed E-state index contributed by atoms with van der Waals surface area (Å²) in [7, 11) is 0. The zero-order valence-electron chi connectivity index (χ0n) is 17.5. The minimum absolute atomic E-state index is 0. The lowest BCUT2D eigenvalue weighted by molar-refractivity contribution is 0.183. The number of nitrogens with one attached hydrogen (secondary N) is 2. The summed E-state index contributed by atoms with van der Waals surface area (Å²) in [4.78, 5) is 11.6. The molecule has 2 N–H and O–H groups in total. The summed E-state index contributed by atoms with van der Waals surface area (Å²) in [6.07, 6.45) is 5.29. The quantitative estimate of drug-likeness (QED) is 0.312. The van der Waals surface area contributed by atoms with Gasteiger partial charge in [-0.05, 0) is 76.2 Å². The van der Waals surface area contributed by atoms with E-state index in [9.17, 15) is 0 Å². The zero-order chi connectivity index (χ0) is 18.9. The molecule has 0 spiro atoms. The number of likely N-dealkylation sites (tertiary alicyclic amines) is 2. The lowest BCUT2D eigenvalue weighted by atomic mass is 9.98. The topological polar surface area (TPSA) is 42.9 Å². The van der Waals surface area contributed by atoms with E-state index >= 15 is 0 Å². The number of guanidine groups is 1. The van der Waals surface area contributed by atoms with Crippen LogP contribution in [0.25, 0.3) is 0 Å². The van der Waals surface area contributed by atoms with Crippen molar-refractivity contribution in [2.75, 3.05) is 52.4 Å². The van der Waals surface area contributed by atoms with Crippen molar-refractivity contribution in [3.05, 3.63) is 22.4 Å². The van der Waals surface area contributed by atoms with Crippen LogP contribution in [0.2, 0.25) is 0 Å². The molecule has 1 aromatic rings. The fourth-order valence-corrected chi connectivity index (χ4v) is 5.14. The van der Waals surface area contributed by atoms with E-state index in [1.54, 1.807) is 0 Å². The summed E-state index contributed by atoms with van der Waals surface area (Å²) in [5, 5.41) is 9.26. The largest absolute Gasteiger partial charge is 0.357 e. The van der Waals surface area contributed by atoms with Crippen molar-refractivity contribution in [1.82, 2.24) is 20.4 Å². The maximum atomic E-state index is 4.98. The first-order valence-corrected chi connectivity index (χ1v) is 11.7. The molecule has 0 saturated carbocycles. The standard InChI is InChI=1S/C21H37N5S.HI/c1-3-22-21(23-15-18-9-7-11-25(4-2)17-18)24-16-19(20-10-8-14-27-20)26-12-5-6-13-26;/h8,10,14,18-19H,3-7,9,11-13,15-17H2,1-2H3,(H2,22,23,24);1H. The van der Waals surface area contributed by atoms with Crippen molar-refractivity contribution in [2.24, 2.45) is 10.9 Å². The molecule has 2 aliphatic rings. The number of rotatable bonds is 8. The molecule has 0 radical (unpaired) electrons. The highest BCUT2D eigenvalue weighted by Gasteiger charge is 2.24. The van der Waals surface area contributed by atoms with E-state index in [1.165, 1.54) is 63.3 Å². The van der Waals surface area contributed by atoms with E-state index < -0.39 is 0 Å². The number of halogens is 1. The van der Waals surface area contributed by atoms with Gasteiger partial charge in [0.05, 0.1) is 12.6 Å². The van der Waals surface area contributed by atoms with Gasteiger partial charge in [0.25, 0.3) is 0 Å². The highest BCUT2D eigenvalue weighted by Crippen LogP contribution is 2.28. The predicted octanol–water partition coefficient (Wildman–Crippen LogP) is 3.79. The normalized spacial score (nSPS) is 22.6. The third-order valence-electron chi connectivity index (χ3n) is 5.83. The van der Waals surface area contributed by atoms with Gasteiger partial charge in [-0.15, -0.1) is 35.3 Å². The summed E-state index contributed by atoms with van der Waals surface area (Å²) in [6.45, 7) is 13.2. The van der Waals surface area contributed by atoms with Crippen LogP contribution in [0.1, 0.15) is 50.4 Å². The average Bonchev–Trinajstić information content (AvgIpc) is 3.41. The minimum Gasteiger partial charge on any atom is -0.357 e. The van der Waals surface area contributed by atoms with Crippen LogP contribution >= 0.6 is 35.3 Å².